The number of aromatic nitrogens is 3. The van der Waals surface area contributed by atoms with Crippen LogP contribution >= 0.6 is 0 Å². The fraction of sp³-hybridized carbons (Fsp3) is 0.864. The Morgan fingerprint density at radius 3 is 1.32 bits per heavy atom. The molecule has 0 radical (unpaired) electrons. The maximum Gasteiger partial charge on any atom is 0.325 e. The van der Waals surface area contributed by atoms with E-state index in [1.165, 1.54) is 0 Å². The van der Waals surface area contributed by atoms with Gasteiger partial charge in [0.2, 0.25) is 0 Å². The van der Waals surface area contributed by atoms with Gasteiger partial charge in [0.05, 0.1) is 56.4 Å². The summed E-state index contributed by atoms with van der Waals surface area (Å²) in [5.41, 5.74) is 0. The molecule has 6 unspecified atom stereocenters. The van der Waals surface area contributed by atoms with Crippen LogP contribution in [0.15, 0.2) is 0 Å². The molecule has 0 aliphatic carbocycles. The lowest BCUT2D eigenvalue weighted by molar-refractivity contribution is 0.219. The van der Waals surface area contributed by atoms with Crippen molar-refractivity contribution in [2.75, 3.05) is 19.8 Å². The van der Waals surface area contributed by atoms with Crippen LogP contribution < -0.4 is 14.2 Å². The molecule has 6 atom stereocenters. The maximum absolute atomic E-state index is 5.76. The van der Waals surface area contributed by atoms with Gasteiger partial charge in [-0.2, -0.15) is 0 Å². The van der Waals surface area contributed by atoms with Crippen LogP contribution in [0.5, 0.6) is 18.0 Å². The second kappa shape index (κ2) is 10.7. The average molecular weight is 438 g/mol. The highest BCUT2D eigenvalue weighted by Crippen LogP contribution is 2.30. The van der Waals surface area contributed by atoms with Gasteiger partial charge in [0.25, 0.3) is 0 Å². The van der Waals surface area contributed by atoms with Crippen LogP contribution in [0.25, 0.3) is 0 Å². The molecular weight excluding hydrogens is 402 g/mol. The first-order valence-electron chi connectivity index (χ1n) is 11.8. The highest BCUT2D eigenvalue weighted by Gasteiger charge is 2.37. The van der Waals surface area contributed by atoms with Crippen LogP contribution in [0.1, 0.15) is 65.7 Å². The zero-order valence-corrected chi connectivity index (χ0v) is 18.8. The normalized spacial score (nSPS) is 30.7. The third kappa shape index (κ3) is 6.89. The van der Waals surface area contributed by atoms with Crippen LogP contribution in [0.4, 0.5) is 0 Å². The molecule has 0 spiro atoms. The van der Waals surface area contributed by atoms with Crippen LogP contribution in [-0.2, 0) is 14.2 Å². The molecule has 0 bridgehead atoms. The highest BCUT2D eigenvalue weighted by molar-refractivity contribution is 5.09. The summed E-state index contributed by atoms with van der Waals surface area (Å²) in [7, 11) is 0. The van der Waals surface area contributed by atoms with Crippen molar-refractivity contribution in [3.05, 3.63) is 0 Å². The van der Waals surface area contributed by atoms with Gasteiger partial charge in [-0.3, -0.25) is 0 Å². The lowest BCUT2D eigenvalue weighted by Gasteiger charge is -2.09. The molecule has 0 N–H and O–H groups in total. The van der Waals surface area contributed by atoms with E-state index >= 15 is 0 Å². The second-order valence-electron chi connectivity index (χ2n) is 8.31. The van der Waals surface area contributed by atoms with E-state index in [0.717, 1.165) is 44.9 Å². The van der Waals surface area contributed by atoms with Gasteiger partial charge >= 0.3 is 18.0 Å². The molecular formula is C22H35N3O6. The molecule has 9 nitrogen and oxygen atoms in total. The number of hydrogen-bond donors (Lipinski definition) is 0. The molecule has 3 aliphatic rings. The van der Waals surface area contributed by atoms with E-state index in [1.807, 2.05) is 0 Å². The molecule has 3 saturated heterocycles. The smallest absolute Gasteiger partial charge is 0.325 e. The first kappa shape index (κ1) is 22.5. The van der Waals surface area contributed by atoms with Crippen LogP contribution in [-0.4, -0.2) is 71.4 Å². The van der Waals surface area contributed by atoms with Crippen LogP contribution in [0.2, 0.25) is 0 Å². The van der Waals surface area contributed by atoms with Gasteiger partial charge in [-0.05, 0) is 32.1 Å². The summed E-state index contributed by atoms with van der Waals surface area (Å²) < 4.78 is 33.9. The monoisotopic (exact) mass is 437 g/mol. The molecule has 3 aliphatic heterocycles. The summed E-state index contributed by atoms with van der Waals surface area (Å²) in [5.74, 6) is 0. The van der Waals surface area contributed by atoms with Gasteiger partial charge in [0.1, 0.15) is 0 Å². The van der Waals surface area contributed by atoms with Gasteiger partial charge in [-0.25, -0.2) is 0 Å². The molecule has 3 fully saturated rings. The van der Waals surface area contributed by atoms with E-state index in [-0.39, 0.29) is 30.2 Å². The number of nitrogens with zero attached hydrogens (tertiary/aromatic N) is 3. The zero-order chi connectivity index (χ0) is 21.6. The Hall–Kier alpha value is -1.71. The lowest BCUT2D eigenvalue weighted by Crippen LogP contribution is -2.11. The van der Waals surface area contributed by atoms with Crippen molar-refractivity contribution in [1.29, 1.82) is 0 Å². The van der Waals surface area contributed by atoms with Crippen molar-refractivity contribution in [3.63, 3.8) is 0 Å². The minimum Gasteiger partial charge on any atom is -0.463 e. The largest absolute Gasteiger partial charge is 0.463 e. The quantitative estimate of drug-likeness (QED) is 0.285. The predicted octanol–water partition coefficient (Wildman–Crippen LogP) is 3.10. The third-order valence-electron chi connectivity index (χ3n) is 5.98. The van der Waals surface area contributed by atoms with Crippen molar-refractivity contribution >= 4 is 0 Å². The first-order valence-corrected chi connectivity index (χ1v) is 11.8. The van der Waals surface area contributed by atoms with Gasteiger partial charge in [0, 0.05) is 12.8 Å². The lowest BCUT2D eigenvalue weighted by atomic mass is 10.2. The van der Waals surface area contributed by atoms with Crippen molar-refractivity contribution in [2.24, 2.45) is 0 Å². The minimum atomic E-state index is 0.222. The second-order valence-corrected chi connectivity index (χ2v) is 8.31. The average Bonchev–Trinajstić information content (AvgIpc) is 3.66. The summed E-state index contributed by atoms with van der Waals surface area (Å²) in [6.45, 7) is 7.87. The predicted molar refractivity (Wildman–Crippen MR) is 112 cm³/mol. The Bertz CT molecular complexity index is 666. The van der Waals surface area contributed by atoms with Crippen molar-refractivity contribution in [1.82, 2.24) is 15.0 Å². The van der Waals surface area contributed by atoms with E-state index in [9.17, 15) is 0 Å². The number of epoxide rings is 3. The van der Waals surface area contributed by atoms with E-state index in [1.54, 1.807) is 0 Å². The van der Waals surface area contributed by atoms with Gasteiger partial charge in [-0.1, -0.05) is 20.8 Å². The van der Waals surface area contributed by atoms with Crippen LogP contribution in [0, 0.1) is 0 Å². The zero-order valence-electron chi connectivity index (χ0n) is 18.8. The highest BCUT2D eigenvalue weighted by atomic mass is 16.6. The summed E-state index contributed by atoms with van der Waals surface area (Å²) >= 11 is 0. The molecule has 0 saturated carbocycles. The Morgan fingerprint density at radius 2 is 0.935 bits per heavy atom. The first-order chi connectivity index (χ1) is 15.2. The van der Waals surface area contributed by atoms with Gasteiger partial charge in [-0.15, -0.1) is 15.0 Å². The van der Waals surface area contributed by atoms with Crippen LogP contribution in [0.3, 0.4) is 0 Å². The van der Waals surface area contributed by atoms with E-state index in [4.69, 9.17) is 28.4 Å². The Morgan fingerprint density at radius 1 is 0.548 bits per heavy atom. The SMILES string of the molecule is CCC1OC1CCCOc1nc(OCCC2OC2CC)nc(OCCC2OC2CC)n1. The van der Waals surface area contributed by atoms with Crippen molar-refractivity contribution < 1.29 is 28.4 Å². The molecule has 4 heterocycles. The third-order valence-corrected chi connectivity index (χ3v) is 5.98. The fourth-order valence-electron chi connectivity index (χ4n) is 3.87. The topological polar surface area (TPSA) is 104 Å². The van der Waals surface area contributed by atoms with Gasteiger partial charge in [0.15, 0.2) is 0 Å². The van der Waals surface area contributed by atoms with Crippen molar-refractivity contribution in [3.8, 4) is 18.0 Å². The van der Waals surface area contributed by atoms with Gasteiger partial charge < -0.3 is 28.4 Å². The number of ether oxygens (including phenoxy) is 6. The molecule has 31 heavy (non-hydrogen) atoms. The molecule has 4 rings (SSSR count). The Labute approximate surface area is 184 Å². The minimum absolute atomic E-state index is 0.222. The Kier molecular flexibility index (Phi) is 7.79. The standard InChI is InChI=1S/C22H35N3O6/c1-4-14-17(29-14)8-7-11-26-20-23-21(27-12-9-18-15(5-2)30-18)25-22(24-20)28-13-10-19-16(6-3)31-19/h14-19H,4-13H2,1-3H3. The molecule has 1 aromatic heterocycles. The summed E-state index contributed by atoms with van der Waals surface area (Å²) in [6, 6.07) is 0.672. The number of rotatable bonds is 16. The van der Waals surface area contributed by atoms with Crippen molar-refractivity contribution in [2.45, 2.75) is 102 Å². The molecule has 0 aromatic carbocycles. The van der Waals surface area contributed by atoms with E-state index in [0.29, 0.717) is 44.2 Å². The van der Waals surface area contributed by atoms with E-state index in [2.05, 4.69) is 35.7 Å². The maximum atomic E-state index is 5.76. The van der Waals surface area contributed by atoms with E-state index < -0.39 is 0 Å². The molecule has 174 valence electrons. The molecule has 0 amide bonds. The molecule has 9 heteroatoms. The summed E-state index contributed by atoms with van der Waals surface area (Å²) in [6.07, 6.45) is 8.68. The summed E-state index contributed by atoms with van der Waals surface area (Å²) in [4.78, 5) is 12.9. The molecule has 1 aromatic rings. The fourth-order valence-corrected chi connectivity index (χ4v) is 3.87. The summed E-state index contributed by atoms with van der Waals surface area (Å²) in [5, 5.41) is 0. The number of hydrogen-bond acceptors (Lipinski definition) is 9. The Balaban J connectivity index is 1.24.